The van der Waals surface area contributed by atoms with Crippen molar-refractivity contribution in [3.8, 4) is 0 Å². The zero-order chi connectivity index (χ0) is 11.1. The Morgan fingerprint density at radius 1 is 1.47 bits per heavy atom. The van der Waals surface area contributed by atoms with Gasteiger partial charge in [-0.25, -0.2) is 4.79 Å². The van der Waals surface area contributed by atoms with Gasteiger partial charge in [0.1, 0.15) is 0 Å². The number of allylic oxidation sites excluding steroid dienone is 1. The Bertz CT molecular complexity index is 353. The number of carbonyl (C=O) groups excluding carboxylic acids is 2. The summed E-state index contributed by atoms with van der Waals surface area (Å²) in [6, 6.07) is 0. The zero-order valence-electron chi connectivity index (χ0n) is 8.64. The summed E-state index contributed by atoms with van der Waals surface area (Å²) >= 11 is 2.17. The number of hydrogen-bond acceptors (Lipinski definition) is 3. The Morgan fingerprint density at radius 2 is 2.13 bits per heavy atom. The molecule has 82 valence electrons. The number of esters is 1. The number of hydrogen-bond donors (Lipinski definition) is 0. The third-order valence-electron chi connectivity index (χ3n) is 3.29. The topological polar surface area (TPSA) is 43.4 Å². The molecule has 0 heterocycles. The molecule has 1 fully saturated rings. The number of ether oxygens (including phenoxy) is 1. The van der Waals surface area contributed by atoms with Crippen molar-refractivity contribution in [1.82, 2.24) is 0 Å². The molecule has 0 aliphatic heterocycles. The third-order valence-corrected chi connectivity index (χ3v) is 4.21. The maximum atomic E-state index is 11.8. The van der Waals surface area contributed by atoms with Gasteiger partial charge in [-0.1, -0.05) is 6.42 Å². The van der Waals surface area contributed by atoms with Crippen LogP contribution in [-0.2, 0) is 14.3 Å². The van der Waals surface area contributed by atoms with Crippen molar-refractivity contribution < 1.29 is 14.3 Å². The first kappa shape index (κ1) is 11.1. The van der Waals surface area contributed by atoms with Gasteiger partial charge in [0, 0.05) is 11.0 Å². The Kier molecular flexibility index (Phi) is 2.87. The summed E-state index contributed by atoms with van der Waals surface area (Å²) in [5, 5.41) is 0. The molecule has 0 saturated heterocycles. The molecule has 0 atom stereocenters. The number of ketones is 1. The molecule has 2 aliphatic rings. The molecule has 15 heavy (non-hydrogen) atoms. The summed E-state index contributed by atoms with van der Waals surface area (Å²) in [7, 11) is 0. The standard InChI is InChI=1S/C11H13IO3/c1-2-15-10(14)9(13)8-7(12)6-11(8)4-3-5-11/h2-6H2,1H3. The van der Waals surface area contributed by atoms with Crippen LogP contribution in [0.15, 0.2) is 9.15 Å². The van der Waals surface area contributed by atoms with Crippen molar-refractivity contribution in [2.75, 3.05) is 6.61 Å². The highest BCUT2D eigenvalue weighted by atomic mass is 127. The van der Waals surface area contributed by atoms with E-state index in [9.17, 15) is 9.59 Å². The second-order valence-electron chi connectivity index (χ2n) is 4.14. The fourth-order valence-electron chi connectivity index (χ4n) is 2.35. The maximum Gasteiger partial charge on any atom is 0.379 e. The highest BCUT2D eigenvalue weighted by molar-refractivity contribution is 14.1. The monoisotopic (exact) mass is 320 g/mol. The van der Waals surface area contributed by atoms with E-state index < -0.39 is 11.8 Å². The van der Waals surface area contributed by atoms with Crippen LogP contribution in [0, 0.1) is 5.41 Å². The van der Waals surface area contributed by atoms with E-state index >= 15 is 0 Å². The number of Topliss-reactive ketones (excluding diaryl/α,β-unsaturated/α-hetero) is 1. The number of carbonyl (C=O) groups is 2. The Morgan fingerprint density at radius 3 is 2.53 bits per heavy atom. The Labute approximate surface area is 102 Å². The van der Waals surface area contributed by atoms with Gasteiger partial charge in [0.05, 0.1) is 6.61 Å². The van der Waals surface area contributed by atoms with E-state index in [2.05, 4.69) is 22.6 Å². The summed E-state index contributed by atoms with van der Waals surface area (Å²) in [6.45, 7) is 1.98. The molecule has 0 aromatic heterocycles. The molecular formula is C11H13IO3. The molecule has 0 bridgehead atoms. The van der Waals surface area contributed by atoms with Gasteiger partial charge >= 0.3 is 5.97 Å². The van der Waals surface area contributed by atoms with Crippen molar-refractivity contribution in [2.24, 2.45) is 5.41 Å². The van der Waals surface area contributed by atoms with Crippen LogP contribution < -0.4 is 0 Å². The van der Waals surface area contributed by atoms with E-state index in [0.29, 0.717) is 0 Å². The predicted octanol–water partition coefficient (Wildman–Crippen LogP) is 2.38. The molecule has 0 N–H and O–H groups in total. The third kappa shape index (κ3) is 1.62. The summed E-state index contributed by atoms with van der Waals surface area (Å²) in [5.74, 6) is -1.10. The molecule has 0 aromatic rings. The van der Waals surface area contributed by atoms with E-state index in [4.69, 9.17) is 4.74 Å². The Balaban J connectivity index is 2.13. The number of rotatable bonds is 3. The van der Waals surface area contributed by atoms with Crippen LogP contribution in [-0.4, -0.2) is 18.4 Å². The average Bonchev–Trinajstić information content (AvgIpc) is 2.11. The van der Waals surface area contributed by atoms with E-state index in [-0.39, 0.29) is 12.0 Å². The molecule has 1 spiro atoms. The molecule has 2 rings (SSSR count). The Hall–Kier alpha value is -0.390. The number of halogens is 1. The predicted molar refractivity (Wildman–Crippen MR) is 63.6 cm³/mol. The highest BCUT2D eigenvalue weighted by Gasteiger charge is 2.52. The SMILES string of the molecule is CCOC(=O)C(=O)C1=C(I)CC12CCC2. The molecule has 1 saturated carbocycles. The van der Waals surface area contributed by atoms with Gasteiger partial charge in [0.2, 0.25) is 0 Å². The molecule has 0 amide bonds. The second kappa shape index (κ2) is 3.88. The van der Waals surface area contributed by atoms with E-state index in [1.54, 1.807) is 6.92 Å². The first-order valence-electron chi connectivity index (χ1n) is 5.21. The van der Waals surface area contributed by atoms with Crippen molar-refractivity contribution in [3.05, 3.63) is 9.15 Å². The van der Waals surface area contributed by atoms with E-state index in [1.165, 1.54) is 6.42 Å². The molecular weight excluding hydrogens is 307 g/mol. The van der Waals surface area contributed by atoms with Crippen molar-refractivity contribution >= 4 is 34.3 Å². The van der Waals surface area contributed by atoms with Crippen LogP contribution in [0.5, 0.6) is 0 Å². The van der Waals surface area contributed by atoms with E-state index in [0.717, 1.165) is 28.4 Å². The lowest BCUT2D eigenvalue weighted by atomic mass is 9.55. The van der Waals surface area contributed by atoms with Gasteiger partial charge in [-0.15, -0.1) is 0 Å². The molecule has 2 aliphatic carbocycles. The van der Waals surface area contributed by atoms with Crippen LogP contribution in [0.2, 0.25) is 0 Å². The second-order valence-corrected chi connectivity index (χ2v) is 5.44. The molecule has 0 radical (unpaired) electrons. The lowest BCUT2D eigenvalue weighted by Gasteiger charge is -2.50. The molecule has 3 nitrogen and oxygen atoms in total. The summed E-state index contributed by atoms with van der Waals surface area (Å²) in [6.07, 6.45) is 4.26. The van der Waals surface area contributed by atoms with Crippen molar-refractivity contribution in [2.45, 2.75) is 32.6 Å². The minimum absolute atomic E-state index is 0.0559. The van der Waals surface area contributed by atoms with Crippen LogP contribution in [0.4, 0.5) is 0 Å². The van der Waals surface area contributed by atoms with Gasteiger partial charge in [0.15, 0.2) is 0 Å². The molecule has 0 aromatic carbocycles. The van der Waals surface area contributed by atoms with Gasteiger partial charge in [-0.05, 0) is 52.4 Å². The van der Waals surface area contributed by atoms with Gasteiger partial charge < -0.3 is 4.74 Å². The van der Waals surface area contributed by atoms with E-state index in [1.807, 2.05) is 0 Å². The largest absolute Gasteiger partial charge is 0.460 e. The van der Waals surface area contributed by atoms with Gasteiger partial charge in [-0.2, -0.15) is 0 Å². The van der Waals surface area contributed by atoms with Crippen LogP contribution >= 0.6 is 22.6 Å². The quantitative estimate of drug-likeness (QED) is 0.456. The van der Waals surface area contributed by atoms with Gasteiger partial charge in [0.25, 0.3) is 5.78 Å². The highest BCUT2D eigenvalue weighted by Crippen LogP contribution is 2.61. The smallest absolute Gasteiger partial charge is 0.379 e. The van der Waals surface area contributed by atoms with Crippen LogP contribution in [0.1, 0.15) is 32.6 Å². The minimum Gasteiger partial charge on any atom is -0.460 e. The van der Waals surface area contributed by atoms with Gasteiger partial charge in [-0.3, -0.25) is 4.79 Å². The van der Waals surface area contributed by atoms with Crippen molar-refractivity contribution in [3.63, 3.8) is 0 Å². The maximum absolute atomic E-state index is 11.8. The lowest BCUT2D eigenvalue weighted by Crippen LogP contribution is -2.44. The lowest BCUT2D eigenvalue weighted by molar-refractivity contribution is -0.152. The fourth-order valence-corrected chi connectivity index (χ4v) is 3.90. The first-order chi connectivity index (χ1) is 7.10. The van der Waals surface area contributed by atoms with Crippen molar-refractivity contribution in [1.29, 1.82) is 0 Å². The summed E-state index contributed by atoms with van der Waals surface area (Å²) in [4.78, 5) is 23.1. The fraction of sp³-hybridized carbons (Fsp3) is 0.636. The first-order valence-corrected chi connectivity index (χ1v) is 6.29. The van der Waals surface area contributed by atoms with Crippen LogP contribution in [0.3, 0.4) is 0 Å². The normalized spacial score (nSPS) is 22.0. The summed E-state index contributed by atoms with van der Waals surface area (Å²) in [5.41, 5.74) is 0.799. The summed E-state index contributed by atoms with van der Waals surface area (Å²) < 4.78 is 5.79. The average molecular weight is 320 g/mol. The molecule has 0 unspecified atom stereocenters. The zero-order valence-corrected chi connectivity index (χ0v) is 10.8. The van der Waals surface area contributed by atoms with Crippen LogP contribution in [0.25, 0.3) is 0 Å². The molecule has 4 heteroatoms. The minimum atomic E-state index is -0.687.